The predicted octanol–water partition coefficient (Wildman–Crippen LogP) is 3.06. The van der Waals surface area contributed by atoms with Crippen molar-refractivity contribution in [2.24, 2.45) is 0 Å². The summed E-state index contributed by atoms with van der Waals surface area (Å²) in [5.74, 6) is -0.124. The summed E-state index contributed by atoms with van der Waals surface area (Å²) in [7, 11) is 3.30. The molecule has 2 aromatic carbocycles. The second-order valence-corrected chi connectivity index (χ2v) is 7.16. The number of ether oxygens (including phenoxy) is 2. The molecule has 0 bridgehead atoms. The van der Waals surface area contributed by atoms with E-state index in [1.807, 2.05) is 47.4 Å². The molecule has 7 nitrogen and oxygen atoms in total. The minimum Gasteiger partial charge on any atom is -0.385 e. The first-order chi connectivity index (χ1) is 14.7. The van der Waals surface area contributed by atoms with Crippen molar-refractivity contribution < 1.29 is 19.1 Å². The number of nitrogens with one attached hydrogen (secondary N) is 2. The topological polar surface area (TPSA) is 79.9 Å². The average Bonchev–Trinajstić information content (AvgIpc) is 3.03. The van der Waals surface area contributed by atoms with E-state index in [2.05, 4.69) is 10.6 Å². The maximum absolute atomic E-state index is 12.9. The summed E-state index contributed by atoms with van der Waals surface area (Å²) in [5, 5.41) is 6.34. The van der Waals surface area contributed by atoms with E-state index in [0.717, 1.165) is 24.1 Å². The number of methoxy groups -OCH3 is 2. The first-order valence-corrected chi connectivity index (χ1v) is 10.2. The summed E-state index contributed by atoms with van der Waals surface area (Å²) in [6, 6.07) is 15.0. The fourth-order valence-corrected chi connectivity index (χ4v) is 3.56. The molecule has 3 rings (SSSR count). The molecule has 1 aliphatic rings. The molecule has 1 atom stereocenters. The van der Waals surface area contributed by atoms with Crippen molar-refractivity contribution >= 4 is 17.5 Å². The number of fused-ring (bicyclic) bond motifs is 1. The van der Waals surface area contributed by atoms with E-state index >= 15 is 0 Å². The quantitative estimate of drug-likeness (QED) is 0.556. The molecule has 0 unspecified atom stereocenters. The van der Waals surface area contributed by atoms with E-state index in [-0.39, 0.29) is 18.0 Å². The zero-order chi connectivity index (χ0) is 21.3. The number of anilines is 1. The highest BCUT2D eigenvalue weighted by Crippen LogP contribution is 2.34. The molecule has 160 valence electrons. The first-order valence-electron chi connectivity index (χ1n) is 10.2. The van der Waals surface area contributed by atoms with Gasteiger partial charge in [0, 0.05) is 62.9 Å². The lowest BCUT2D eigenvalue weighted by molar-refractivity contribution is 0.0721. The normalized spacial score (nSPS) is 15.2. The van der Waals surface area contributed by atoms with Crippen LogP contribution in [0.1, 0.15) is 45.3 Å². The van der Waals surface area contributed by atoms with E-state index in [0.29, 0.717) is 37.4 Å². The largest absolute Gasteiger partial charge is 0.385 e. The Morgan fingerprint density at radius 2 is 1.80 bits per heavy atom. The van der Waals surface area contributed by atoms with E-state index in [4.69, 9.17) is 9.47 Å². The van der Waals surface area contributed by atoms with Crippen LogP contribution in [0.4, 0.5) is 5.69 Å². The van der Waals surface area contributed by atoms with Crippen molar-refractivity contribution in [3.8, 4) is 0 Å². The molecule has 2 amide bonds. The molecule has 2 aromatic rings. The molecule has 2 N–H and O–H groups in total. The summed E-state index contributed by atoms with van der Waals surface area (Å²) in [4.78, 5) is 27.2. The third kappa shape index (κ3) is 5.17. The fraction of sp³-hybridized carbons (Fsp3) is 0.391. The van der Waals surface area contributed by atoms with Crippen LogP contribution in [-0.2, 0) is 9.47 Å². The molecule has 30 heavy (non-hydrogen) atoms. The van der Waals surface area contributed by atoms with E-state index in [1.165, 1.54) is 0 Å². The molecule has 0 spiro atoms. The van der Waals surface area contributed by atoms with Crippen molar-refractivity contribution in [2.75, 3.05) is 45.8 Å². The molecule has 0 saturated heterocycles. The number of hydrogen-bond acceptors (Lipinski definition) is 5. The maximum Gasteiger partial charge on any atom is 0.256 e. The Balaban J connectivity index is 1.74. The molecule has 0 saturated carbocycles. The van der Waals surface area contributed by atoms with Crippen LogP contribution >= 0.6 is 0 Å². The maximum atomic E-state index is 12.9. The number of rotatable bonds is 11. The summed E-state index contributed by atoms with van der Waals surface area (Å²) in [6.45, 7) is 2.34. The van der Waals surface area contributed by atoms with Gasteiger partial charge < -0.3 is 25.0 Å². The monoisotopic (exact) mass is 411 g/mol. The number of hydrogen-bond donors (Lipinski definition) is 2. The van der Waals surface area contributed by atoms with E-state index in [9.17, 15) is 9.59 Å². The Bertz CT molecular complexity index is 871. The molecule has 0 aromatic heterocycles. The van der Waals surface area contributed by atoms with Gasteiger partial charge in [-0.3, -0.25) is 9.59 Å². The molecule has 1 aliphatic heterocycles. The van der Waals surface area contributed by atoms with Crippen LogP contribution in [0.3, 0.4) is 0 Å². The zero-order valence-electron chi connectivity index (χ0n) is 17.5. The number of nitrogens with zero attached hydrogens (tertiary/aromatic N) is 1. The van der Waals surface area contributed by atoms with E-state index < -0.39 is 0 Å². The first kappa shape index (κ1) is 21.8. The standard InChI is InChI=1S/C23H29N3O4/c1-29-14-6-12-24-22(27)17-8-5-9-18(16-17)25-21-19-10-3-4-11-20(19)23(28)26(21)13-7-15-30-2/h3-5,8-11,16,21,25H,6-7,12-15H2,1-2H3,(H,24,27)/t21-/m0/s1. The highest BCUT2D eigenvalue weighted by Gasteiger charge is 2.36. The lowest BCUT2D eigenvalue weighted by atomic mass is 10.1. The Morgan fingerprint density at radius 3 is 2.60 bits per heavy atom. The number of amides is 2. The SMILES string of the molecule is COCCCNC(=O)c1cccc(N[C@@H]2c3ccccc3C(=O)N2CCCOC)c1. The second-order valence-electron chi connectivity index (χ2n) is 7.16. The fourth-order valence-electron chi connectivity index (χ4n) is 3.56. The molecule has 0 fully saturated rings. The zero-order valence-corrected chi connectivity index (χ0v) is 17.5. The van der Waals surface area contributed by atoms with Crippen LogP contribution in [0.2, 0.25) is 0 Å². The van der Waals surface area contributed by atoms with Crippen LogP contribution in [0, 0.1) is 0 Å². The highest BCUT2D eigenvalue weighted by atomic mass is 16.5. The van der Waals surface area contributed by atoms with Gasteiger partial charge in [-0.2, -0.15) is 0 Å². The van der Waals surface area contributed by atoms with Gasteiger partial charge in [-0.1, -0.05) is 24.3 Å². The third-order valence-corrected chi connectivity index (χ3v) is 5.04. The average molecular weight is 412 g/mol. The molecule has 0 aliphatic carbocycles. The summed E-state index contributed by atoms with van der Waals surface area (Å²) < 4.78 is 10.2. The molecule has 7 heteroatoms. The number of benzene rings is 2. The van der Waals surface area contributed by atoms with E-state index in [1.54, 1.807) is 20.3 Å². The third-order valence-electron chi connectivity index (χ3n) is 5.04. The molecule has 0 radical (unpaired) electrons. The van der Waals surface area contributed by atoms with Gasteiger partial charge in [0.1, 0.15) is 6.17 Å². The Labute approximate surface area is 177 Å². The van der Waals surface area contributed by atoms with Crippen LogP contribution in [0.25, 0.3) is 0 Å². The Morgan fingerprint density at radius 1 is 1.03 bits per heavy atom. The van der Waals surface area contributed by atoms with Crippen LogP contribution in [0.15, 0.2) is 48.5 Å². The Hall–Kier alpha value is -2.90. The molecular formula is C23H29N3O4. The Kier molecular flexibility index (Phi) is 7.82. The highest BCUT2D eigenvalue weighted by molar-refractivity contribution is 5.99. The lowest BCUT2D eigenvalue weighted by Crippen LogP contribution is -2.33. The van der Waals surface area contributed by atoms with Crippen molar-refractivity contribution in [1.29, 1.82) is 0 Å². The second kappa shape index (κ2) is 10.8. The van der Waals surface area contributed by atoms with Gasteiger partial charge in [0.05, 0.1) is 0 Å². The van der Waals surface area contributed by atoms with Gasteiger partial charge in [0.15, 0.2) is 0 Å². The van der Waals surface area contributed by atoms with Gasteiger partial charge in [0.25, 0.3) is 11.8 Å². The number of carbonyl (C=O) groups excluding carboxylic acids is 2. The van der Waals surface area contributed by atoms with Gasteiger partial charge in [-0.05, 0) is 37.1 Å². The van der Waals surface area contributed by atoms with Gasteiger partial charge in [0.2, 0.25) is 0 Å². The van der Waals surface area contributed by atoms with Gasteiger partial charge in [-0.15, -0.1) is 0 Å². The molecular weight excluding hydrogens is 382 g/mol. The lowest BCUT2D eigenvalue weighted by Gasteiger charge is -2.27. The minimum atomic E-state index is -0.287. The molecule has 1 heterocycles. The van der Waals surface area contributed by atoms with Crippen molar-refractivity contribution in [3.05, 3.63) is 65.2 Å². The van der Waals surface area contributed by atoms with Crippen molar-refractivity contribution in [1.82, 2.24) is 10.2 Å². The minimum absolute atomic E-state index is 0.00578. The van der Waals surface area contributed by atoms with Crippen LogP contribution in [0.5, 0.6) is 0 Å². The number of carbonyl (C=O) groups is 2. The van der Waals surface area contributed by atoms with Crippen LogP contribution < -0.4 is 10.6 Å². The summed E-state index contributed by atoms with van der Waals surface area (Å²) in [6.07, 6.45) is 1.22. The summed E-state index contributed by atoms with van der Waals surface area (Å²) >= 11 is 0. The predicted molar refractivity (Wildman–Crippen MR) is 116 cm³/mol. The van der Waals surface area contributed by atoms with Gasteiger partial charge >= 0.3 is 0 Å². The van der Waals surface area contributed by atoms with Crippen LogP contribution in [-0.4, -0.2) is 57.2 Å². The van der Waals surface area contributed by atoms with Gasteiger partial charge in [-0.25, -0.2) is 0 Å². The smallest absolute Gasteiger partial charge is 0.256 e. The van der Waals surface area contributed by atoms with Crippen molar-refractivity contribution in [2.45, 2.75) is 19.0 Å². The van der Waals surface area contributed by atoms with Crippen molar-refractivity contribution in [3.63, 3.8) is 0 Å². The summed E-state index contributed by atoms with van der Waals surface area (Å²) in [5.41, 5.74) is 3.00.